The molecule has 1 amide bonds. The van der Waals surface area contributed by atoms with Gasteiger partial charge in [-0.05, 0) is 17.7 Å². The minimum Gasteiger partial charge on any atom is -0.497 e. The SMILES string of the molecule is COc1ccc(CN2C=CCC(=O)C(Br)C2=O)cc1. The fourth-order valence-corrected chi connectivity index (χ4v) is 2.26. The number of alkyl halides is 1. The molecular formula is C14H14BrNO3. The summed E-state index contributed by atoms with van der Waals surface area (Å²) in [5.41, 5.74) is 0.979. The van der Waals surface area contributed by atoms with E-state index in [-0.39, 0.29) is 18.1 Å². The van der Waals surface area contributed by atoms with Crippen LogP contribution >= 0.6 is 15.9 Å². The van der Waals surface area contributed by atoms with Crippen molar-refractivity contribution in [1.29, 1.82) is 0 Å². The maximum absolute atomic E-state index is 12.1. The Kier molecular flexibility index (Phi) is 4.37. The predicted molar refractivity (Wildman–Crippen MR) is 75.0 cm³/mol. The van der Waals surface area contributed by atoms with Crippen LogP contribution in [0, 0.1) is 0 Å². The number of amides is 1. The maximum Gasteiger partial charge on any atom is 0.248 e. The fraction of sp³-hybridized carbons (Fsp3) is 0.286. The summed E-state index contributed by atoms with van der Waals surface area (Å²) in [6.45, 7) is 0.439. The summed E-state index contributed by atoms with van der Waals surface area (Å²) >= 11 is 3.14. The number of carbonyl (C=O) groups excluding carboxylic acids is 2. The van der Waals surface area contributed by atoms with E-state index in [4.69, 9.17) is 4.74 Å². The average molecular weight is 324 g/mol. The lowest BCUT2D eigenvalue weighted by molar-refractivity contribution is -0.132. The third kappa shape index (κ3) is 3.23. The van der Waals surface area contributed by atoms with Gasteiger partial charge in [0, 0.05) is 12.6 Å². The van der Waals surface area contributed by atoms with Crippen molar-refractivity contribution in [2.75, 3.05) is 7.11 Å². The van der Waals surface area contributed by atoms with E-state index in [1.165, 1.54) is 0 Å². The second-order valence-electron chi connectivity index (χ2n) is 4.23. The van der Waals surface area contributed by atoms with Gasteiger partial charge in [-0.2, -0.15) is 0 Å². The van der Waals surface area contributed by atoms with E-state index in [2.05, 4.69) is 15.9 Å². The molecule has 0 radical (unpaired) electrons. The van der Waals surface area contributed by atoms with E-state index in [0.717, 1.165) is 11.3 Å². The molecular weight excluding hydrogens is 310 g/mol. The number of ketones is 1. The van der Waals surface area contributed by atoms with Crippen LogP contribution in [0.4, 0.5) is 0 Å². The molecule has 2 rings (SSSR count). The van der Waals surface area contributed by atoms with Crippen LogP contribution in [0.5, 0.6) is 5.75 Å². The first kappa shape index (κ1) is 13.8. The molecule has 0 fully saturated rings. The number of nitrogens with zero attached hydrogens (tertiary/aromatic N) is 1. The first-order valence-corrected chi connectivity index (χ1v) is 6.80. The Hall–Kier alpha value is -1.62. The van der Waals surface area contributed by atoms with E-state index in [1.54, 1.807) is 24.3 Å². The van der Waals surface area contributed by atoms with Crippen molar-refractivity contribution in [1.82, 2.24) is 4.90 Å². The number of hydrogen-bond acceptors (Lipinski definition) is 3. The van der Waals surface area contributed by atoms with Crippen molar-refractivity contribution in [3.63, 3.8) is 0 Å². The molecule has 1 aliphatic heterocycles. The van der Waals surface area contributed by atoms with E-state index in [1.807, 2.05) is 24.3 Å². The van der Waals surface area contributed by atoms with Crippen LogP contribution in [-0.2, 0) is 16.1 Å². The fourth-order valence-electron chi connectivity index (χ4n) is 1.81. The molecule has 1 unspecified atom stereocenters. The van der Waals surface area contributed by atoms with Crippen molar-refractivity contribution >= 4 is 27.6 Å². The van der Waals surface area contributed by atoms with Gasteiger partial charge in [-0.15, -0.1) is 0 Å². The molecule has 0 spiro atoms. The molecule has 0 aromatic heterocycles. The van der Waals surface area contributed by atoms with E-state index < -0.39 is 4.83 Å². The van der Waals surface area contributed by atoms with Crippen molar-refractivity contribution < 1.29 is 14.3 Å². The number of allylic oxidation sites excluding steroid dienone is 1. The zero-order valence-electron chi connectivity index (χ0n) is 10.5. The number of ether oxygens (including phenoxy) is 1. The highest BCUT2D eigenvalue weighted by atomic mass is 79.9. The van der Waals surface area contributed by atoms with Crippen LogP contribution in [0.1, 0.15) is 12.0 Å². The van der Waals surface area contributed by atoms with E-state index in [0.29, 0.717) is 6.54 Å². The van der Waals surface area contributed by atoms with Crippen LogP contribution in [0.25, 0.3) is 0 Å². The molecule has 4 nitrogen and oxygen atoms in total. The first-order chi connectivity index (χ1) is 9.11. The average Bonchev–Trinajstić information content (AvgIpc) is 2.55. The van der Waals surface area contributed by atoms with Crippen LogP contribution in [0.2, 0.25) is 0 Å². The van der Waals surface area contributed by atoms with Gasteiger partial charge in [0.1, 0.15) is 5.75 Å². The molecule has 0 saturated carbocycles. The quantitative estimate of drug-likeness (QED) is 0.633. The highest BCUT2D eigenvalue weighted by molar-refractivity contribution is 9.10. The van der Waals surface area contributed by atoms with Gasteiger partial charge in [0.15, 0.2) is 10.6 Å². The highest BCUT2D eigenvalue weighted by Crippen LogP contribution is 2.18. The predicted octanol–water partition coefficient (Wildman–Crippen LogP) is 2.27. The monoisotopic (exact) mass is 323 g/mol. The van der Waals surface area contributed by atoms with Crippen LogP contribution in [-0.4, -0.2) is 28.5 Å². The van der Waals surface area contributed by atoms with Gasteiger partial charge in [0.25, 0.3) is 0 Å². The molecule has 1 aromatic rings. The summed E-state index contributed by atoms with van der Waals surface area (Å²) in [6, 6.07) is 7.49. The van der Waals surface area contributed by atoms with E-state index in [9.17, 15) is 9.59 Å². The van der Waals surface area contributed by atoms with Gasteiger partial charge >= 0.3 is 0 Å². The summed E-state index contributed by atoms with van der Waals surface area (Å²) < 4.78 is 5.08. The summed E-state index contributed by atoms with van der Waals surface area (Å²) in [7, 11) is 1.61. The van der Waals surface area contributed by atoms with Crippen molar-refractivity contribution in [2.45, 2.75) is 17.8 Å². The molecule has 0 bridgehead atoms. The van der Waals surface area contributed by atoms with Gasteiger partial charge in [-0.3, -0.25) is 9.59 Å². The van der Waals surface area contributed by atoms with Gasteiger partial charge in [-0.1, -0.05) is 34.1 Å². The molecule has 1 heterocycles. The van der Waals surface area contributed by atoms with Crippen LogP contribution < -0.4 is 4.74 Å². The molecule has 1 atom stereocenters. The van der Waals surface area contributed by atoms with Gasteiger partial charge < -0.3 is 9.64 Å². The third-order valence-electron chi connectivity index (χ3n) is 2.90. The Bertz CT molecular complexity index is 510. The summed E-state index contributed by atoms with van der Waals surface area (Å²) in [5.74, 6) is 0.433. The molecule has 5 heteroatoms. The topological polar surface area (TPSA) is 46.6 Å². The maximum atomic E-state index is 12.1. The number of carbonyl (C=O) groups is 2. The largest absolute Gasteiger partial charge is 0.497 e. The second kappa shape index (κ2) is 6.02. The number of methoxy groups -OCH3 is 1. The van der Waals surface area contributed by atoms with Crippen molar-refractivity contribution in [3.8, 4) is 5.75 Å². The first-order valence-electron chi connectivity index (χ1n) is 5.88. The van der Waals surface area contributed by atoms with Crippen LogP contribution in [0.3, 0.4) is 0 Å². The Morgan fingerprint density at radius 2 is 2.00 bits per heavy atom. The Morgan fingerprint density at radius 1 is 1.32 bits per heavy atom. The molecule has 19 heavy (non-hydrogen) atoms. The summed E-state index contributed by atoms with van der Waals surface area (Å²) in [4.78, 5) is 24.4. The number of benzene rings is 1. The second-order valence-corrected chi connectivity index (χ2v) is 5.15. The zero-order valence-corrected chi connectivity index (χ0v) is 12.1. The highest BCUT2D eigenvalue weighted by Gasteiger charge is 2.28. The van der Waals surface area contributed by atoms with Crippen molar-refractivity contribution in [2.24, 2.45) is 0 Å². The van der Waals surface area contributed by atoms with Crippen molar-refractivity contribution in [3.05, 3.63) is 42.1 Å². The Labute approximate surface area is 120 Å². The summed E-state index contributed by atoms with van der Waals surface area (Å²) in [6.07, 6.45) is 3.66. The number of Topliss-reactive ketones (excluding diaryl/α,β-unsaturated/α-hetero) is 1. The molecule has 1 aromatic carbocycles. The minimum atomic E-state index is -0.749. The lowest BCUT2D eigenvalue weighted by Gasteiger charge is -2.19. The molecule has 0 aliphatic carbocycles. The molecule has 1 aliphatic rings. The summed E-state index contributed by atoms with van der Waals surface area (Å²) in [5, 5.41) is 0. The minimum absolute atomic E-state index is 0.113. The lowest BCUT2D eigenvalue weighted by Crippen LogP contribution is -2.34. The van der Waals surface area contributed by atoms with Gasteiger partial charge in [-0.25, -0.2) is 0 Å². The Balaban J connectivity index is 2.12. The van der Waals surface area contributed by atoms with Crippen LogP contribution in [0.15, 0.2) is 36.5 Å². The standard InChI is InChI=1S/C14H14BrNO3/c1-19-11-6-4-10(5-7-11)9-16-8-2-3-12(17)13(15)14(16)18/h2,4-8,13H,3,9H2,1H3. The number of hydrogen-bond donors (Lipinski definition) is 0. The normalized spacial score (nSPS) is 19.5. The molecule has 0 saturated heterocycles. The number of halogens is 1. The lowest BCUT2D eigenvalue weighted by atomic mass is 10.2. The molecule has 100 valence electrons. The zero-order chi connectivity index (χ0) is 13.8. The van der Waals surface area contributed by atoms with Gasteiger partial charge in [0.2, 0.25) is 5.91 Å². The third-order valence-corrected chi connectivity index (χ3v) is 3.80. The smallest absolute Gasteiger partial charge is 0.248 e. The van der Waals surface area contributed by atoms with E-state index >= 15 is 0 Å². The number of rotatable bonds is 3. The Morgan fingerprint density at radius 3 is 2.63 bits per heavy atom. The van der Waals surface area contributed by atoms with Gasteiger partial charge in [0.05, 0.1) is 13.7 Å². The molecule has 0 N–H and O–H groups in total.